The van der Waals surface area contributed by atoms with Crippen molar-refractivity contribution in [2.75, 3.05) is 38.2 Å². The number of piperidine rings is 1. The van der Waals surface area contributed by atoms with E-state index in [1.54, 1.807) is 4.68 Å². The number of hydrogen-bond acceptors (Lipinski definition) is 6. The maximum absolute atomic E-state index is 13.1. The Hall–Kier alpha value is -3.16. The lowest BCUT2D eigenvalue weighted by atomic mass is 9.96. The van der Waals surface area contributed by atoms with Gasteiger partial charge in [-0.05, 0) is 56.9 Å². The predicted octanol–water partition coefficient (Wildman–Crippen LogP) is 2.99. The standard InChI is InChI=1S/C24H32N6O2/c1-5-32-20-8-9-22-21(13-20)17(2)26-24(27-22)30-11-6-7-19(16-30)23(31)28(3)12-10-18-14-25-29(4)15-18/h8-9,13-15,19H,5-7,10-12,16H2,1-4H3. The van der Waals surface area contributed by atoms with Gasteiger partial charge in [0.25, 0.3) is 0 Å². The van der Waals surface area contributed by atoms with Gasteiger partial charge in [0.1, 0.15) is 5.75 Å². The Labute approximate surface area is 189 Å². The molecule has 170 valence electrons. The minimum atomic E-state index is -0.0393. The molecule has 2 aromatic heterocycles. The zero-order valence-electron chi connectivity index (χ0n) is 19.4. The molecule has 32 heavy (non-hydrogen) atoms. The van der Waals surface area contributed by atoms with Crippen LogP contribution in [0.3, 0.4) is 0 Å². The minimum absolute atomic E-state index is 0.0393. The number of anilines is 1. The summed E-state index contributed by atoms with van der Waals surface area (Å²) in [5.74, 6) is 1.69. The first-order valence-electron chi connectivity index (χ1n) is 11.3. The van der Waals surface area contributed by atoms with Crippen LogP contribution in [0.15, 0.2) is 30.6 Å². The molecule has 4 rings (SSSR count). The lowest BCUT2D eigenvalue weighted by Gasteiger charge is -2.34. The summed E-state index contributed by atoms with van der Waals surface area (Å²) in [6.07, 6.45) is 6.52. The van der Waals surface area contributed by atoms with Gasteiger partial charge < -0.3 is 14.5 Å². The van der Waals surface area contributed by atoms with Crippen LogP contribution in [0.25, 0.3) is 10.9 Å². The molecule has 1 aliphatic heterocycles. The van der Waals surface area contributed by atoms with Gasteiger partial charge in [-0.3, -0.25) is 9.48 Å². The first-order chi connectivity index (χ1) is 15.4. The maximum Gasteiger partial charge on any atom is 0.227 e. The van der Waals surface area contributed by atoms with Crippen LogP contribution in [-0.4, -0.2) is 63.8 Å². The number of carbonyl (C=O) groups excluding carboxylic acids is 1. The molecule has 3 heterocycles. The van der Waals surface area contributed by atoms with E-state index in [1.807, 2.05) is 63.4 Å². The number of ether oxygens (including phenoxy) is 1. The second kappa shape index (κ2) is 9.54. The number of rotatable bonds is 7. The summed E-state index contributed by atoms with van der Waals surface area (Å²) in [7, 11) is 3.80. The summed E-state index contributed by atoms with van der Waals surface area (Å²) in [5.41, 5.74) is 2.97. The highest BCUT2D eigenvalue weighted by atomic mass is 16.5. The maximum atomic E-state index is 13.1. The third-order valence-electron chi connectivity index (χ3n) is 6.08. The monoisotopic (exact) mass is 436 g/mol. The number of amides is 1. The molecule has 1 fully saturated rings. The molecule has 0 aliphatic carbocycles. The van der Waals surface area contributed by atoms with Crippen molar-refractivity contribution >= 4 is 22.8 Å². The lowest BCUT2D eigenvalue weighted by Crippen LogP contribution is -2.44. The van der Waals surface area contributed by atoms with Gasteiger partial charge in [0.15, 0.2) is 0 Å². The van der Waals surface area contributed by atoms with E-state index < -0.39 is 0 Å². The van der Waals surface area contributed by atoms with Crippen molar-refractivity contribution in [3.8, 4) is 5.75 Å². The zero-order chi connectivity index (χ0) is 22.7. The molecule has 8 nitrogen and oxygen atoms in total. The Morgan fingerprint density at radius 2 is 2.16 bits per heavy atom. The fourth-order valence-corrected chi connectivity index (χ4v) is 4.32. The van der Waals surface area contributed by atoms with Gasteiger partial charge >= 0.3 is 0 Å². The van der Waals surface area contributed by atoms with Crippen LogP contribution in [0.2, 0.25) is 0 Å². The molecule has 8 heteroatoms. The average molecular weight is 437 g/mol. The Kier molecular flexibility index (Phi) is 6.58. The van der Waals surface area contributed by atoms with E-state index in [1.165, 1.54) is 0 Å². The fraction of sp³-hybridized carbons (Fsp3) is 0.500. The van der Waals surface area contributed by atoms with Gasteiger partial charge in [-0.15, -0.1) is 0 Å². The largest absolute Gasteiger partial charge is 0.494 e. The number of fused-ring (bicyclic) bond motifs is 1. The van der Waals surface area contributed by atoms with Crippen molar-refractivity contribution in [2.45, 2.75) is 33.1 Å². The SMILES string of the molecule is CCOc1ccc2nc(N3CCCC(C(=O)N(C)CCc4cnn(C)c4)C3)nc(C)c2c1. The molecule has 1 aliphatic rings. The van der Waals surface area contributed by atoms with E-state index in [2.05, 4.69) is 10.00 Å². The number of hydrogen-bond donors (Lipinski definition) is 0. The number of aromatic nitrogens is 4. The van der Waals surface area contributed by atoms with Crippen molar-refractivity contribution in [2.24, 2.45) is 13.0 Å². The van der Waals surface area contributed by atoms with E-state index in [9.17, 15) is 4.79 Å². The number of benzene rings is 1. The van der Waals surface area contributed by atoms with Gasteiger partial charge in [0, 0.05) is 45.3 Å². The molecule has 0 radical (unpaired) electrons. The second-order valence-corrected chi connectivity index (χ2v) is 8.54. The topological polar surface area (TPSA) is 76.4 Å². The molecule has 1 unspecified atom stereocenters. The van der Waals surface area contributed by atoms with Crippen LogP contribution in [0.1, 0.15) is 31.0 Å². The van der Waals surface area contributed by atoms with Gasteiger partial charge in [-0.2, -0.15) is 5.10 Å². The molecule has 1 saturated heterocycles. The van der Waals surface area contributed by atoms with Crippen molar-refractivity contribution in [1.82, 2.24) is 24.6 Å². The van der Waals surface area contributed by atoms with Crippen LogP contribution in [0.5, 0.6) is 5.75 Å². The van der Waals surface area contributed by atoms with Crippen LogP contribution in [0.4, 0.5) is 5.95 Å². The number of carbonyl (C=O) groups is 1. The summed E-state index contributed by atoms with van der Waals surface area (Å²) in [6, 6.07) is 5.93. The lowest BCUT2D eigenvalue weighted by molar-refractivity contribution is -0.134. The molecule has 1 atom stereocenters. The van der Waals surface area contributed by atoms with Gasteiger partial charge in [-0.25, -0.2) is 9.97 Å². The number of nitrogens with zero attached hydrogens (tertiary/aromatic N) is 6. The van der Waals surface area contributed by atoms with Crippen molar-refractivity contribution < 1.29 is 9.53 Å². The summed E-state index contributed by atoms with van der Waals surface area (Å²) < 4.78 is 7.41. The molecule has 0 spiro atoms. The zero-order valence-corrected chi connectivity index (χ0v) is 19.4. The highest BCUT2D eigenvalue weighted by Crippen LogP contribution is 2.27. The van der Waals surface area contributed by atoms with Gasteiger partial charge in [0.2, 0.25) is 11.9 Å². The quantitative estimate of drug-likeness (QED) is 0.567. The summed E-state index contributed by atoms with van der Waals surface area (Å²) in [6.45, 7) is 6.81. The molecule has 1 aromatic carbocycles. The molecule has 0 N–H and O–H groups in total. The highest BCUT2D eigenvalue weighted by molar-refractivity contribution is 5.83. The molecule has 1 amide bonds. The van der Waals surface area contributed by atoms with Crippen LogP contribution in [0, 0.1) is 12.8 Å². The number of aryl methyl sites for hydroxylation is 2. The minimum Gasteiger partial charge on any atom is -0.494 e. The number of likely N-dealkylation sites (N-methyl/N-ethyl adjacent to an activating group) is 1. The normalized spacial score (nSPS) is 16.4. The average Bonchev–Trinajstić information content (AvgIpc) is 3.22. The van der Waals surface area contributed by atoms with E-state index in [4.69, 9.17) is 14.7 Å². The summed E-state index contributed by atoms with van der Waals surface area (Å²) in [4.78, 5) is 26.7. The Morgan fingerprint density at radius 3 is 2.91 bits per heavy atom. The molecule has 3 aromatic rings. The first kappa shape index (κ1) is 22.0. The fourth-order valence-electron chi connectivity index (χ4n) is 4.32. The Morgan fingerprint density at radius 1 is 1.31 bits per heavy atom. The molecule has 0 saturated carbocycles. The Bertz CT molecular complexity index is 1100. The molecular weight excluding hydrogens is 404 g/mol. The smallest absolute Gasteiger partial charge is 0.227 e. The third-order valence-corrected chi connectivity index (χ3v) is 6.08. The summed E-state index contributed by atoms with van der Waals surface area (Å²) >= 11 is 0. The van der Waals surface area contributed by atoms with Crippen LogP contribution in [-0.2, 0) is 18.3 Å². The summed E-state index contributed by atoms with van der Waals surface area (Å²) in [5, 5.41) is 5.20. The Balaban J connectivity index is 1.44. The van der Waals surface area contributed by atoms with Crippen molar-refractivity contribution in [3.05, 3.63) is 41.9 Å². The van der Waals surface area contributed by atoms with Gasteiger partial charge in [-0.1, -0.05) is 0 Å². The van der Waals surface area contributed by atoms with Gasteiger partial charge in [0.05, 0.1) is 29.9 Å². The highest BCUT2D eigenvalue weighted by Gasteiger charge is 2.29. The molecule has 0 bridgehead atoms. The second-order valence-electron chi connectivity index (χ2n) is 8.54. The van der Waals surface area contributed by atoms with E-state index >= 15 is 0 Å². The van der Waals surface area contributed by atoms with E-state index in [-0.39, 0.29) is 11.8 Å². The van der Waals surface area contributed by atoms with Crippen molar-refractivity contribution in [1.29, 1.82) is 0 Å². The first-order valence-corrected chi connectivity index (χ1v) is 11.3. The molecular formula is C24H32N6O2. The van der Waals surface area contributed by atoms with Crippen LogP contribution >= 0.6 is 0 Å². The van der Waals surface area contributed by atoms with Crippen LogP contribution < -0.4 is 9.64 Å². The van der Waals surface area contributed by atoms with Crippen molar-refractivity contribution in [3.63, 3.8) is 0 Å². The predicted molar refractivity (Wildman–Crippen MR) is 125 cm³/mol. The van der Waals surface area contributed by atoms with E-state index in [0.29, 0.717) is 25.6 Å². The van der Waals surface area contributed by atoms with E-state index in [0.717, 1.165) is 53.7 Å². The third kappa shape index (κ3) is 4.84.